The molecule has 78 valence electrons. The summed E-state index contributed by atoms with van der Waals surface area (Å²) in [5, 5.41) is 0. The standard InChI is InChI=1S/C10H6BrF2NO/c11-6-1-2-15-10(6)5-3-8(13)9(14)4-7(5)12/h1-4H,14H2. The van der Waals surface area contributed by atoms with Gasteiger partial charge in [0, 0.05) is 6.07 Å². The van der Waals surface area contributed by atoms with Crippen LogP contribution in [-0.2, 0) is 0 Å². The van der Waals surface area contributed by atoms with E-state index in [0.29, 0.717) is 4.47 Å². The first-order valence-electron chi connectivity index (χ1n) is 4.07. The van der Waals surface area contributed by atoms with Crippen LogP contribution in [0.5, 0.6) is 0 Å². The molecule has 1 aromatic heterocycles. The molecule has 0 aliphatic heterocycles. The molecule has 5 heteroatoms. The number of nitrogen functional groups attached to an aromatic ring is 1. The summed E-state index contributed by atoms with van der Waals surface area (Å²) in [6.45, 7) is 0. The maximum absolute atomic E-state index is 13.4. The highest BCUT2D eigenvalue weighted by molar-refractivity contribution is 9.10. The zero-order chi connectivity index (χ0) is 11.0. The molecule has 15 heavy (non-hydrogen) atoms. The molecule has 0 unspecified atom stereocenters. The second kappa shape index (κ2) is 3.66. The van der Waals surface area contributed by atoms with Gasteiger partial charge in [-0.25, -0.2) is 8.78 Å². The van der Waals surface area contributed by atoms with Crippen molar-refractivity contribution < 1.29 is 13.2 Å². The third-order valence-electron chi connectivity index (χ3n) is 1.95. The van der Waals surface area contributed by atoms with E-state index in [0.717, 1.165) is 12.1 Å². The number of furan rings is 1. The van der Waals surface area contributed by atoms with Gasteiger partial charge in [0.1, 0.15) is 11.6 Å². The van der Waals surface area contributed by atoms with Gasteiger partial charge >= 0.3 is 0 Å². The fourth-order valence-corrected chi connectivity index (χ4v) is 1.64. The minimum Gasteiger partial charge on any atom is -0.463 e. The first-order valence-corrected chi connectivity index (χ1v) is 4.87. The minimum absolute atomic E-state index is 0.0403. The van der Waals surface area contributed by atoms with Gasteiger partial charge < -0.3 is 10.2 Å². The van der Waals surface area contributed by atoms with E-state index in [1.807, 2.05) is 0 Å². The molecule has 1 aromatic carbocycles. The fourth-order valence-electron chi connectivity index (χ4n) is 1.22. The fraction of sp³-hybridized carbons (Fsp3) is 0. The van der Waals surface area contributed by atoms with Crippen molar-refractivity contribution in [2.45, 2.75) is 0 Å². The first kappa shape index (κ1) is 10.2. The Morgan fingerprint density at radius 2 is 1.93 bits per heavy atom. The molecule has 0 spiro atoms. The maximum atomic E-state index is 13.4. The molecular weight excluding hydrogens is 268 g/mol. The smallest absolute Gasteiger partial charge is 0.151 e. The van der Waals surface area contributed by atoms with E-state index < -0.39 is 11.6 Å². The molecule has 2 rings (SSSR count). The molecule has 2 N–H and O–H groups in total. The zero-order valence-electron chi connectivity index (χ0n) is 7.43. The molecule has 0 saturated heterocycles. The summed E-state index contributed by atoms with van der Waals surface area (Å²) in [7, 11) is 0. The van der Waals surface area contributed by atoms with Crippen LogP contribution in [0.1, 0.15) is 0 Å². The van der Waals surface area contributed by atoms with E-state index in [1.54, 1.807) is 6.07 Å². The summed E-state index contributed by atoms with van der Waals surface area (Å²) in [6.07, 6.45) is 1.38. The molecule has 0 saturated carbocycles. The highest BCUT2D eigenvalue weighted by Crippen LogP contribution is 2.32. The quantitative estimate of drug-likeness (QED) is 0.807. The number of anilines is 1. The zero-order valence-corrected chi connectivity index (χ0v) is 9.01. The second-order valence-electron chi connectivity index (χ2n) is 2.95. The maximum Gasteiger partial charge on any atom is 0.151 e. The van der Waals surface area contributed by atoms with Gasteiger partial charge in [0.2, 0.25) is 0 Å². The van der Waals surface area contributed by atoms with Crippen LogP contribution >= 0.6 is 15.9 Å². The largest absolute Gasteiger partial charge is 0.463 e. The molecule has 2 aromatic rings. The van der Waals surface area contributed by atoms with Crippen LogP contribution in [0.4, 0.5) is 14.5 Å². The van der Waals surface area contributed by atoms with E-state index >= 15 is 0 Å². The van der Waals surface area contributed by atoms with Crippen LogP contribution < -0.4 is 5.73 Å². The van der Waals surface area contributed by atoms with Crippen molar-refractivity contribution in [1.82, 2.24) is 0 Å². The molecular formula is C10H6BrF2NO. The van der Waals surface area contributed by atoms with E-state index in [-0.39, 0.29) is 17.0 Å². The van der Waals surface area contributed by atoms with Crippen molar-refractivity contribution >= 4 is 21.6 Å². The first-order chi connectivity index (χ1) is 7.09. The van der Waals surface area contributed by atoms with Crippen LogP contribution in [-0.4, -0.2) is 0 Å². The molecule has 0 radical (unpaired) electrons. The lowest BCUT2D eigenvalue weighted by atomic mass is 10.1. The Labute approximate surface area is 92.8 Å². The van der Waals surface area contributed by atoms with E-state index in [1.165, 1.54) is 6.26 Å². The molecule has 0 fully saturated rings. The molecule has 1 heterocycles. The van der Waals surface area contributed by atoms with Crippen molar-refractivity contribution in [3.63, 3.8) is 0 Å². The Kier molecular flexibility index (Phi) is 2.48. The summed E-state index contributed by atoms with van der Waals surface area (Å²) in [5.74, 6) is -1.05. The third kappa shape index (κ3) is 1.74. The summed E-state index contributed by atoms with van der Waals surface area (Å²) >= 11 is 3.17. The van der Waals surface area contributed by atoms with Gasteiger partial charge in [0.05, 0.1) is 22.0 Å². The second-order valence-corrected chi connectivity index (χ2v) is 3.81. The number of benzene rings is 1. The summed E-state index contributed by atoms with van der Waals surface area (Å²) in [5.41, 5.74) is 5.04. The van der Waals surface area contributed by atoms with Gasteiger partial charge in [-0.2, -0.15) is 0 Å². The highest BCUT2D eigenvalue weighted by atomic mass is 79.9. The van der Waals surface area contributed by atoms with Gasteiger partial charge in [0.15, 0.2) is 5.76 Å². The number of nitrogens with two attached hydrogens (primary N) is 1. The topological polar surface area (TPSA) is 39.2 Å². The van der Waals surface area contributed by atoms with Crippen LogP contribution in [0.25, 0.3) is 11.3 Å². The van der Waals surface area contributed by atoms with Crippen LogP contribution in [0.3, 0.4) is 0 Å². The number of rotatable bonds is 1. The lowest BCUT2D eigenvalue weighted by Gasteiger charge is -2.03. The van der Waals surface area contributed by atoms with Gasteiger partial charge in [-0.15, -0.1) is 0 Å². The van der Waals surface area contributed by atoms with Gasteiger partial charge in [0.25, 0.3) is 0 Å². The van der Waals surface area contributed by atoms with Crippen LogP contribution in [0, 0.1) is 11.6 Å². The normalized spacial score (nSPS) is 10.6. The SMILES string of the molecule is Nc1cc(F)c(-c2occc2Br)cc1F. The molecule has 0 atom stereocenters. The number of halogens is 3. The Balaban J connectivity index is 2.64. The van der Waals surface area contributed by atoms with Crippen LogP contribution in [0.2, 0.25) is 0 Å². The Hall–Kier alpha value is -1.36. The van der Waals surface area contributed by atoms with Gasteiger partial charge in [-0.05, 0) is 28.1 Å². The lowest BCUT2D eigenvalue weighted by molar-refractivity contribution is 0.563. The Morgan fingerprint density at radius 3 is 2.53 bits per heavy atom. The summed E-state index contributed by atoms with van der Waals surface area (Å²) < 4.78 is 32.2. The third-order valence-corrected chi connectivity index (χ3v) is 2.57. The van der Waals surface area contributed by atoms with Crippen molar-refractivity contribution in [3.05, 3.63) is 40.6 Å². The predicted molar refractivity (Wildman–Crippen MR) is 56.2 cm³/mol. The average Bonchev–Trinajstić information content (AvgIpc) is 2.58. The minimum atomic E-state index is -0.672. The lowest BCUT2D eigenvalue weighted by Crippen LogP contribution is -1.94. The van der Waals surface area contributed by atoms with Crippen molar-refractivity contribution in [2.75, 3.05) is 5.73 Å². The molecule has 0 aliphatic carbocycles. The molecule has 0 amide bonds. The molecule has 0 bridgehead atoms. The van der Waals surface area contributed by atoms with E-state index in [9.17, 15) is 8.78 Å². The molecule has 2 nitrogen and oxygen atoms in total. The average molecular weight is 274 g/mol. The van der Waals surface area contributed by atoms with Gasteiger partial charge in [-0.3, -0.25) is 0 Å². The van der Waals surface area contributed by atoms with E-state index in [4.69, 9.17) is 10.2 Å². The monoisotopic (exact) mass is 273 g/mol. The molecule has 0 aliphatic rings. The number of hydrogen-bond donors (Lipinski definition) is 1. The van der Waals surface area contributed by atoms with Crippen LogP contribution in [0.15, 0.2) is 33.4 Å². The summed E-state index contributed by atoms with van der Waals surface area (Å²) in [4.78, 5) is 0. The van der Waals surface area contributed by atoms with E-state index in [2.05, 4.69) is 15.9 Å². The Bertz CT molecular complexity index is 510. The Morgan fingerprint density at radius 1 is 1.20 bits per heavy atom. The van der Waals surface area contributed by atoms with Crippen molar-refractivity contribution in [3.8, 4) is 11.3 Å². The van der Waals surface area contributed by atoms with Gasteiger partial charge in [-0.1, -0.05) is 0 Å². The van der Waals surface area contributed by atoms with Crippen molar-refractivity contribution in [1.29, 1.82) is 0 Å². The predicted octanol–water partition coefficient (Wildman–Crippen LogP) is 3.57. The highest BCUT2D eigenvalue weighted by Gasteiger charge is 2.14. The number of hydrogen-bond acceptors (Lipinski definition) is 2. The van der Waals surface area contributed by atoms with Crippen molar-refractivity contribution in [2.24, 2.45) is 0 Å². The summed E-state index contributed by atoms with van der Waals surface area (Å²) in [6, 6.07) is 3.54.